The first-order valence-corrected chi connectivity index (χ1v) is 17.0. The molecule has 0 atom stereocenters. The molecule has 246 valence electrons. The van der Waals surface area contributed by atoms with Crippen LogP contribution >= 0.6 is 0 Å². The molecule has 9 heteroatoms. The molecule has 49 heavy (non-hydrogen) atoms. The van der Waals surface area contributed by atoms with E-state index in [9.17, 15) is 4.79 Å². The van der Waals surface area contributed by atoms with Crippen LogP contribution in [0.15, 0.2) is 84.9 Å². The summed E-state index contributed by atoms with van der Waals surface area (Å²) < 4.78 is 39.0. The topological polar surface area (TPSA) is 72.5 Å². The van der Waals surface area contributed by atoms with Crippen molar-refractivity contribution in [1.82, 2.24) is 0 Å². The number of esters is 1. The smallest absolute Gasteiger partial charge is 0.455 e. The Balaban J connectivity index is 1.22. The number of rotatable bonds is 2. The molecule has 7 nitrogen and oxygen atoms in total. The molecule has 4 aliphatic heterocycles. The monoisotopic (exact) mass is 652 g/mol. The first-order chi connectivity index (χ1) is 23.1. The first kappa shape index (κ1) is 30.9. The van der Waals surface area contributed by atoms with Crippen molar-refractivity contribution in [1.29, 1.82) is 0 Å². The number of hydrogen-bond acceptors (Lipinski definition) is 7. The highest BCUT2D eigenvalue weighted by molar-refractivity contribution is 6.63. The van der Waals surface area contributed by atoms with Gasteiger partial charge in [-0.25, -0.2) is 4.79 Å². The van der Waals surface area contributed by atoms with Gasteiger partial charge in [0.05, 0.1) is 28.0 Å². The summed E-state index contributed by atoms with van der Waals surface area (Å²) in [4.78, 5) is 13.6. The van der Waals surface area contributed by atoms with Gasteiger partial charge in [-0.1, -0.05) is 66.7 Å². The molecule has 0 N–H and O–H groups in total. The van der Waals surface area contributed by atoms with Crippen molar-refractivity contribution >= 4 is 52.7 Å². The van der Waals surface area contributed by atoms with E-state index in [4.69, 9.17) is 28.1 Å². The molecule has 2 fully saturated rings. The van der Waals surface area contributed by atoms with Gasteiger partial charge in [-0.3, -0.25) is 0 Å². The van der Waals surface area contributed by atoms with E-state index in [0.717, 1.165) is 49.2 Å². The average Bonchev–Trinajstić information content (AvgIpc) is 3.57. The van der Waals surface area contributed by atoms with Crippen LogP contribution in [0.3, 0.4) is 0 Å². The summed E-state index contributed by atoms with van der Waals surface area (Å²) in [5.74, 6) is 0.942. The fraction of sp³-hybridized carbons (Fsp3) is 0.325. The minimum absolute atomic E-state index is 0.359. The van der Waals surface area contributed by atoms with Gasteiger partial charge in [0, 0.05) is 27.5 Å². The van der Waals surface area contributed by atoms with Gasteiger partial charge >= 0.3 is 20.2 Å². The van der Waals surface area contributed by atoms with E-state index in [2.05, 4.69) is 91.8 Å². The number of carbonyl (C=O) groups excluding carboxylic acids is 1. The van der Waals surface area contributed by atoms with Crippen LogP contribution in [0, 0.1) is 0 Å². The number of carbonyl (C=O) groups is 1. The second-order valence-corrected chi connectivity index (χ2v) is 15.7. The van der Waals surface area contributed by atoms with Crippen LogP contribution in [0.2, 0.25) is 0 Å². The Morgan fingerprint density at radius 2 is 0.959 bits per heavy atom. The van der Waals surface area contributed by atoms with Gasteiger partial charge in [0.1, 0.15) is 11.5 Å². The van der Waals surface area contributed by atoms with E-state index >= 15 is 0 Å². The second-order valence-electron chi connectivity index (χ2n) is 15.7. The largest absolute Gasteiger partial charge is 0.494 e. The van der Waals surface area contributed by atoms with Crippen LogP contribution in [0.1, 0.15) is 82.4 Å². The van der Waals surface area contributed by atoms with E-state index < -0.39 is 42.2 Å². The van der Waals surface area contributed by atoms with Crippen LogP contribution in [0.25, 0.3) is 21.5 Å². The fourth-order valence-corrected chi connectivity index (χ4v) is 7.53. The molecule has 9 rings (SSSR count). The van der Waals surface area contributed by atoms with Crippen molar-refractivity contribution in [3.05, 3.63) is 107 Å². The molecule has 0 aliphatic carbocycles. The number of ether oxygens (including phenoxy) is 2. The highest BCUT2D eigenvalue weighted by atomic mass is 16.7. The van der Waals surface area contributed by atoms with Crippen molar-refractivity contribution in [2.75, 3.05) is 0 Å². The standard InChI is InChI=1S/C40H38B2O7/c1-36(2)37(3,4)47-41(46-36)25-15-17-27-23(21-25)13-19-31-33(27)44-34-28-18-16-26(42-48-38(5,6)39(7,8)49-42)22-24(28)14-20-32(34)40(31)30-12-10-9-11-29(30)35(43)45-40/h9-22H,1-8H3. The molecule has 0 radical (unpaired) electrons. The zero-order valence-electron chi connectivity index (χ0n) is 29.1. The van der Waals surface area contributed by atoms with E-state index in [0.29, 0.717) is 17.1 Å². The predicted octanol–water partition coefficient (Wildman–Crippen LogP) is 7.16. The van der Waals surface area contributed by atoms with Crippen molar-refractivity contribution in [2.24, 2.45) is 0 Å². The van der Waals surface area contributed by atoms with Crippen LogP contribution in [-0.2, 0) is 29.0 Å². The highest BCUT2D eigenvalue weighted by Gasteiger charge is 2.55. The summed E-state index contributed by atoms with van der Waals surface area (Å²) in [6, 6.07) is 28.2. The van der Waals surface area contributed by atoms with Gasteiger partial charge < -0.3 is 28.1 Å². The lowest BCUT2D eigenvalue weighted by Gasteiger charge is -2.37. The maximum atomic E-state index is 13.6. The molecule has 1 spiro atoms. The van der Waals surface area contributed by atoms with Crippen LogP contribution in [0.5, 0.6) is 11.5 Å². The molecule has 0 saturated carbocycles. The van der Waals surface area contributed by atoms with Crippen molar-refractivity contribution in [3.63, 3.8) is 0 Å². The molecule has 5 aromatic carbocycles. The third-order valence-corrected chi connectivity index (χ3v) is 11.8. The molecule has 0 unspecified atom stereocenters. The molecule has 2 saturated heterocycles. The summed E-state index contributed by atoms with van der Waals surface area (Å²) in [6.45, 7) is 16.4. The Bertz CT molecular complexity index is 2100. The second kappa shape index (κ2) is 9.76. The third-order valence-electron chi connectivity index (χ3n) is 11.8. The zero-order valence-corrected chi connectivity index (χ0v) is 29.1. The zero-order chi connectivity index (χ0) is 34.3. The fourth-order valence-electron chi connectivity index (χ4n) is 7.53. The lowest BCUT2D eigenvalue weighted by molar-refractivity contribution is 0.00578. The molecule has 0 amide bonds. The number of hydrogen-bond donors (Lipinski definition) is 0. The molecule has 5 aromatic rings. The Hall–Kier alpha value is -4.14. The Labute approximate surface area is 287 Å². The predicted molar refractivity (Wildman–Crippen MR) is 191 cm³/mol. The van der Waals surface area contributed by atoms with E-state index in [1.165, 1.54) is 0 Å². The van der Waals surface area contributed by atoms with E-state index in [1.807, 2.05) is 48.5 Å². The summed E-state index contributed by atoms with van der Waals surface area (Å²) in [6.07, 6.45) is 0. The minimum Gasteiger partial charge on any atom is -0.455 e. The average molecular weight is 652 g/mol. The van der Waals surface area contributed by atoms with Gasteiger partial charge in [0.2, 0.25) is 0 Å². The van der Waals surface area contributed by atoms with E-state index in [1.54, 1.807) is 0 Å². The van der Waals surface area contributed by atoms with Crippen molar-refractivity contribution < 1.29 is 32.9 Å². The normalized spacial score (nSPS) is 21.8. The number of benzene rings is 5. The Morgan fingerprint density at radius 3 is 1.43 bits per heavy atom. The van der Waals surface area contributed by atoms with Gasteiger partial charge in [0.15, 0.2) is 5.60 Å². The summed E-state index contributed by atoms with van der Waals surface area (Å²) >= 11 is 0. The van der Waals surface area contributed by atoms with Crippen LogP contribution < -0.4 is 15.7 Å². The Kier molecular flexibility index (Phi) is 6.15. The molecular formula is C40H38B2O7. The molecule has 4 heterocycles. The minimum atomic E-state index is -1.19. The van der Waals surface area contributed by atoms with Crippen LogP contribution in [0.4, 0.5) is 0 Å². The first-order valence-electron chi connectivity index (χ1n) is 17.0. The molecule has 4 aliphatic rings. The molecule has 0 aromatic heterocycles. The summed E-state index contributed by atoms with van der Waals surface area (Å²) in [5, 5.41) is 3.72. The van der Waals surface area contributed by atoms with Crippen molar-refractivity contribution in [3.8, 4) is 11.5 Å². The lowest BCUT2D eigenvalue weighted by Crippen LogP contribution is -2.41. The van der Waals surface area contributed by atoms with Gasteiger partial charge in [0.25, 0.3) is 0 Å². The SMILES string of the molecule is CC1(C)OB(c2ccc3c4c(ccc3c2)C2(OC(=O)c3ccccc32)c2ccc3cc(B5OC(C)(C)C(C)(C)O5)ccc3c2O4)OC1(C)C. The Morgan fingerprint density at radius 1 is 0.510 bits per heavy atom. The lowest BCUT2D eigenvalue weighted by atomic mass is 9.74. The summed E-state index contributed by atoms with van der Waals surface area (Å²) in [5.41, 5.74) is 1.76. The van der Waals surface area contributed by atoms with E-state index in [-0.39, 0.29) is 5.97 Å². The maximum absolute atomic E-state index is 13.6. The molecule has 0 bridgehead atoms. The molecular weight excluding hydrogens is 614 g/mol. The third kappa shape index (κ3) is 4.16. The van der Waals surface area contributed by atoms with Gasteiger partial charge in [-0.05, 0) is 95.3 Å². The summed E-state index contributed by atoms with van der Waals surface area (Å²) in [7, 11) is -0.994. The maximum Gasteiger partial charge on any atom is 0.494 e. The van der Waals surface area contributed by atoms with Crippen LogP contribution in [-0.4, -0.2) is 42.6 Å². The number of fused-ring (bicyclic) bond motifs is 10. The van der Waals surface area contributed by atoms with Gasteiger partial charge in [-0.15, -0.1) is 0 Å². The quantitative estimate of drug-likeness (QED) is 0.148. The highest BCUT2D eigenvalue weighted by Crippen LogP contribution is 2.58. The van der Waals surface area contributed by atoms with Crippen molar-refractivity contribution in [2.45, 2.75) is 83.4 Å². The van der Waals surface area contributed by atoms with Gasteiger partial charge in [-0.2, -0.15) is 0 Å².